The van der Waals surface area contributed by atoms with Crippen molar-refractivity contribution in [2.24, 2.45) is 5.84 Å². The predicted molar refractivity (Wildman–Crippen MR) is 68.4 cm³/mol. The van der Waals surface area contributed by atoms with Crippen LogP contribution < -0.4 is 16.6 Å². The Balaban J connectivity index is 2.23. The quantitative estimate of drug-likeness (QED) is 0.349. The second-order valence-electron chi connectivity index (χ2n) is 4.43. The lowest BCUT2D eigenvalue weighted by molar-refractivity contribution is -0.384. The van der Waals surface area contributed by atoms with Gasteiger partial charge in [0.25, 0.3) is 0 Å². The van der Waals surface area contributed by atoms with Crippen LogP contribution in [0.15, 0.2) is 6.20 Å². The summed E-state index contributed by atoms with van der Waals surface area (Å²) in [5.41, 5.74) is 2.00. The van der Waals surface area contributed by atoms with Crippen LogP contribution in [-0.2, 0) is 0 Å². The number of aromatic nitrogens is 2. The van der Waals surface area contributed by atoms with Crippen LogP contribution in [0.3, 0.4) is 0 Å². The highest BCUT2D eigenvalue weighted by molar-refractivity contribution is 5.57. The Kier molecular flexibility index (Phi) is 4.07. The molecule has 0 spiro atoms. The molecule has 2 rings (SSSR count). The van der Waals surface area contributed by atoms with E-state index in [2.05, 4.69) is 20.7 Å². The van der Waals surface area contributed by atoms with E-state index in [-0.39, 0.29) is 23.5 Å². The molecule has 1 aromatic rings. The van der Waals surface area contributed by atoms with Crippen molar-refractivity contribution in [3.05, 3.63) is 16.3 Å². The molecule has 5 N–H and O–H groups in total. The number of hydrogen-bond donors (Lipinski definition) is 4. The number of aliphatic hydroxyl groups is 1. The number of rotatable bonds is 4. The zero-order valence-corrected chi connectivity index (χ0v) is 10.2. The molecule has 0 amide bonds. The van der Waals surface area contributed by atoms with E-state index in [9.17, 15) is 15.2 Å². The van der Waals surface area contributed by atoms with Crippen LogP contribution in [0.4, 0.5) is 17.5 Å². The van der Waals surface area contributed by atoms with Crippen molar-refractivity contribution in [3.63, 3.8) is 0 Å². The van der Waals surface area contributed by atoms with Gasteiger partial charge in [-0.15, -0.1) is 0 Å². The number of anilines is 2. The van der Waals surface area contributed by atoms with Gasteiger partial charge >= 0.3 is 5.69 Å². The van der Waals surface area contributed by atoms with Crippen LogP contribution in [0.1, 0.15) is 25.7 Å². The zero-order valence-electron chi connectivity index (χ0n) is 10.2. The first kappa shape index (κ1) is 13.4. The highest BCUT2D eigenvalue weighted by Crippen LogP contribution is 2.27. The molecule has 1 aliphatic rings. The molecule has 19 heavy (non-hydrogen) atoms. The molecule has 1 aliphatic carbocycles. The summed E-state index contributed by atoms with van der Waals surface area (Å²) in [5.74, 6) is 5.33. The maximum atomic E-state index is 10.9. The van der Waals surface area contributed by atoms with E-state index in [1.807, 2.05) is 0 Å². The molecule has 1 aromatic heterocycles. The SMILES string of the molecule is NNc1ncc([N+](=O)[O-])c(NC2CCCCC2O)n1. The van der Waals surface area contributed by atoms with Gasteiger partial charge in [-0.1, -0.05) is 12.8 Å². The first-order chi connectivity index (χ1) is 9.11. The highest BCUT2D eigenvalue weighted by atomic mass is 16.6. The number of nitrogens with zero attached hydrogens (tertiary/aromatic N) is 3. The molecule has 0 aromatic carbocycles. The third-order valence-corrected chi connectivity index (χ3v) is 3.15. The summed E-state index contributed by atoms with van der Waals surface area (Å²) in [6, 6.07) is -0.243. The summed E-state index contributed by atoms with van der Waals surface area (Å²) in [7, 11) is 0. The average molecular weight is 268 g/mol. The normalized spacial score (nSPS) is 22.8. The van der Waals surface area contributed by atoms with Crippen molar-refractivity contribution in [1.29, 1.82) is 0 Å². The molecule has 0 saturated heterocycles. The number of nitro groups is 1. The minimum atomic E-state index is -0.572. The number of nitrogens with one attached hydrogen (secondary N) is 2. The van der Waals surface area contributed by atoms with Crippen LogP contribution in [0.5, 0.6) is 0 Å². The molecule has 1 fully saturated rings. The Morgan fingerprint density at radius 2 is 2.21 bits per heavy atom. The lowest BCUT2D eigenvalue weighted by Gasteiger charge is -2.28. The minimum absolute atomic E-state index is 0.0684. The highest BCUT2D eigenvalue weighted by Gasteiger charge is 2.26. The molecule has 9 heteroatoms. The maximum Gasteiger partial charge on any atom is 0.329 e. The van der Waals surface area contributed by atoms with E-state index in [1.54, 1.807) is 0 Å². The first-order valence-corrected chi connectivity index (χ1v) is 6.04. The monoisotopic (exact) mass is 268 g/mol. The summed E-state index contributed by atoms with van der Waals surface area (Å²) in [5, 5.41) is 23.7. The van der Waals surface area contributed by atoms with Crippen molar-refractivity contribution in [2.75, 3.05) is 10.7 Å². The van der Waals surface area contributed by atoms with Gasteiger partial charge in [-0.3, -0.25) is 15.5 Å². The van der Waals surface area contributed by atoms with Crippen molar-refractivity contribution < 1.29 is 10.0 Å². The van der Waals surface area contributed by atoms with Gasteiger partial charge in [-0.25, -0.2) is 10.8 Å². The second-order valence-corrected chi connectivity index (χ2v) is 4.43. The molecular weight excluding hydrogens is 252 g/mol. The van der Waals surface area contributed by atoms with Gasteiger partial charge < -0.3 is 10.4 Å². The molecule has 2 atom stereocenters. The van der Waals surface area contributed by atoms with Crippen LogP contribution >= 0.6 is 0 Å². The van der Waals surface area contributed by atoms with E-state index in [0.29, 0.717) is 6.42 Å². The Hall–Kier alpha value is -2.00. The number of hydrazine groups is 1. The maximum absolute atomic E-state index is 10.9. The van der Waals surface area contributed by atoms with Crippen molar-refractivity contribution in [3.8, 4) is 0 Å². The first-order valence-electron chi connectivity index (χ1n) is 6.04. The number of aliphatic hydroxyl groups excluding tert-OH is 1. The van der Waals surface area contributed by atoms with E-state index in [4.69, 9.17) is 5.84 Å². The molecule has 2 unspecified atom stereocenters. The topological polar surface area (TPSA) is 139 Å². The third kappa shape index (κ3) is 3.06. The standard InChI is InChI=1S/C10H16N6O3/c11-15-10-12-5-7(16(18)19)9(14-10)13-6-3-1-2-4-8(6)17/h5-6,8,17H,1-4,11H2,(H2,12,13,14,15). The molecule has 9 nitrogen and oxygen atoms in total. The van der Waals surface area contributed by atoms with Gasteiger partial charge in [0.15, 0.2) is 0 Å². The third-order valence-electron chi connectivity index (χ3n) is 3.15. The van der Waals surface area contributed by atoms with Crippen LogP contribution in [-0.4, -0.2) is 32.1 Å². The molecule has 0 aliphatic heterocycles. The molecule has 0 bridgehead atoms. The number of nitrogens with two attached hydrogens (primary N) is 1. The Labute approximate surface area is 109 Å². The minimum Gasteiger partial charge on any atom is -0.391 e. The lowest BCUT2D eigenvalue weighted by Crippen LogP contribution is -2.36. The Morgan fingerprint density at radius 3 is 2.84 bits per heavy atom. The van der Waals surface area contributed by atoms with Crippen LogP contribution in [0, 0.1) is 10.1 Å². The van der Waals surface area contributed by atoms with Gasteiger partial charge in [0.1, 0.15) is 6.20 Å². The largest absolute Gasteiger partial charge is 0.391 e. The van der Waals surface area contributed by atoms with E-state index < -0.39 is 11.0 Å². The molecule has 0 radical (unpaired) electrons. The summed E-state index contributed by atoms with van der Waals surface area (Å²) >= 11 is 0. The molecule has 1 saturated carbocycles. The summed E-state index contributed by atoms with van der Waals surface area (Å²) in [6.07, 6.45) is 3.90. The van der Waals surface area contributed by atoms with Crippen LogP contribution in [0.2, 0.25) is 0 Å². The number of hydrogen-bond acceptors (Lipinski definition) is 8. The average Bonchev–Trinajstić information content (AvgIpc) is 2.41. The molecule has 104 valence electrons. The van der Waals surface area contributed by atoms with Gasteiger partial charge in [0, 0.05) is 0 Å². The fraction of sp³-hybridized carbons (Fsp3) is 0.600. The zero-order chi connectivity index (χ0) is 13.8. The predicted octanol–water partition coefficient (Wildman–Crippen LogP) is 0.386. The van der Waals surface area contributed by atoms with Crippen molar-refractivity contribution in [1.82, 2.24) is 9.97 Å². The lowest BCUT2D eigenvalue weighted by atomic mass is 9.92. The smallest absolute Gasteiger partial charge is 0.329 e. The Bertz CT molecular complexity index is 469. The summed E-state index contributed by atoms with van der Waals surface area (Å²) in [6.45, 7) is 0. The second kappa shape index (κ2) is 5.76. The molecule has 1 heterocycles. The van der Waals surface area contributed by atoms with E-state index >= 15 is 0 Å². The summed E-state index contributed by atoms with van der Waals surface area (Å²) < 4.78 is 0. The van der Waals surface area contributed by atoms with Gasteiger partial charge in [0.05, 0.1) is 17.1 Å². The van der Waals surface area contributed by atoms with Gasteiger partial charge in [0.2, 0.25) is 11.8 Å². The fourth-order valence-corrected chi connectivity index (χ4v) is 2.14. The fourth-order valence-electron chi connectivity index (χ4n) is 2.14. The van der Waals surface area contributed by atoms with Gasteiger partial charge in [-0.05, 0) is 12.8 Å². The number of nitrogen functional groups attached to an aromatic ring is 1. The van der Waals surface area contributed by atoms with Gasteiger partial charge in [-0.2, -0.15) is 4.98 Å². The van der Waals surface area contributed by atoms with Crippen molar-refractivity contribution in [2.45, 2.75) is 37.8 Å². The van der Waals surface area contributed by atoms with E-state index in [1.165, 1.54) is 0 Å². The van der Waals surface area contributed by atoms with Crippen molar-refractivity contribution >= 4 is 17.5 Å². The summed E-state index contributed by atoms with van der Waals surface area (Å²) in [4.78, 5) is 18.0. The van der Waals surface area contributed by atoms with E-state index in [0.717, 1.165) is 25.5 Å². The Morgan fingerprint density at radius 1 is 1.47 bits per heavy atom. The van der Waals surface area contributed by atoms with Crippen LogP contribution in [0.25, 0.3) is 0 Å². The molecular formula is C10H16N6O3.